The van der Waals surface area contributed by atoms with Gasteiger partial charge in [0.25, 0.3) is 0 Å². The number of ether oxygens (including phenoxy) is 2. The van der Waals surface area contributed by atoms with Gasteiger partial charge in [-0.1, -0.05) is 6.07 Å². The molecule has 1 N–H and O–H groups in total. The van der Waals surface area contributed by atoms with Crippen LogP contribution in [-0.4, -0.2) is 36.1 Å². The highest BCUT2D eigenvalue weighted by Crippen LogP contribution is 2.30. The minimum Gasteiger partial charge on any atom is -0.490 e. The van der Waals surface area contributed by atoms with Crippen LogP contribution < -0.4 is 14.8 Å². The Hall–Kier alpha value is -2.01. The van der Waals surface area contributed by atoms with E-state index in [1.54, 1.807) is 0 Å². The third-order valence-corrected chi connectivity index (χ3v) is 4.91. The Morgan fingerprint density at radius 3 is 2.46 bits per heavy atom. The van der Waals surface area contributed by atoms with Crippen LogP contribution in [0.4, 0.5) is 0 Å². The second-order valence-electron chi connectivity index (χ2n) is 6.72. The van der Waals surface area contributed by atoms with E-state index in [4.69, 9.17) is 14.6 Å². The Labute approximate surface area is 156 Å². The quantitative estimate of drug-likeness (QED) is 0.781. The molecule has 1 aromatic heterocycles. The fourth-order valence-corrected chi connectivity index (χ4v) is 3.69. The van der Waals surface area contributed by atoms with Crippen molar-refractivity contribution in [3.63, 3.8) is 0 Å². The number of hydrogen-bond donors (Lipinski definition) is 1. The number of aromatic nitrogens is 2. The van der Waals surface area contributed by atoms with Gasteiger partial charge in [0, 0.05) is 24.6 Å². The molecule has 0 spiro atoms. The lowest BCUT2D eigenvalue weighted by atomic mass is 9.94. The fourth-order valence-electron chi connectivity index (χ4n) is 3.69. The van der Waals surface area contributed by atoms with Crippen LogP contribution in [0.15, 0.2) is 24.3 Å². The first kappa shape index (κ1) is 18.8. The molecule has 0 atom stereocenters. The topological polar surface area (TPSA) is 48.3 Å². The Kier molecular flexibility index (Phi) is 6.56. The van der Waals surface area contributed by atoms with Gasteiger partial charge in [-0.3, -0.25) is 4.68 Å². The van der Waals surface area contributed by atoms with E-state index < -0.39 is 0 Å². The summed E-state index contributed by atoms with van der Waals surface area (Å²) in [6, 6.07) is 8.51. The summed E-state index contributed by atoms with van der Waals surface area (Å²) in [5, 5.41) is 8.30. The van der Waals surface area contributed by atoms with E-state index in [2.05, 4.69) is 35.1 Å². The van der Waals surface area contributed by atoms with Crippen molar-refractivity contribution in [2.45, 2.75) is 52.5 Å². The lowest BCUT2D eigenvalue weighted by Gasteiger charge is -2.23. The normalized spacial score (nSPS) is 15.2. The number of rotatable bonds is 8. The molecule has 1 fully saturated rings. The molecular formula is C21H31N3O2. The van der Waals surface area contributed by atoms with Crippen LogP contribution in [-0.2, 0) is 13.0 Å². The summed E-state index contributed by atoms with van der Waals surface area (Å²) in [6.45, 7) is 10.6. The molecule has 26 heavy (non-hydrogen) atoms. The molecule has 5 heteroatoms. The highest BCUT2D eigenvalue weighted by Gasteiger charge is 2.20. The van der Waals surface area contributed by atoms with E-state index in [0.717, 1.165) is 43.2 Å². The van der Waals surface area contributed by atoms with Crippen molar-refractivity contribution in [2.24, 2.45) is 0 Å². The number of nitrogens with one attached hydrogen (secondary N) is 1. The first-order valence-corrected chi connectivity index (χ1v) is 9.91. The van der Waals surface area contributed by atoms with Crippen molar-refractivity contribution in [3.05, 3.63) is 41.2 Å². The SMILES string of the molecule is CCOc1ccc(Cc2cc(C3CCNCC3)n(CC)n2)cc1OCC. The predicted molar refractivity (Wildman–Crippen MR) is 104 cm³/mol. The fraction of sp³-hybridized carbons (Fsp3) is 0.571. The Morgan fingerprint density at radius 2 is 1.77 bits per heavy atom. The van der Waals surface area contributed by atoms with E-state index in [1.807, 2.05) is 19.9 Å². The first-order valence-electron chi connectivity index (χ1n) is 9.91. The average Bonchev–Trinajstić information content (AvgIpc) is 3.08. The Morgan fingerprint density at radius 1 is 1.04 bits per heavy atom. The summed E-state index contributed by atoms with van der Waals surface area (Å²) >= 11 is 0. The van der Waals surface area contributed by atoms with Gasteiger partial charge in [0.15, 0.2) is 11.5 Å². The van der Waals surface area contributed by atoms with Crippen molar-refractivity contribution in [3.8, 4) is 11.5 Å². The number of hydrogen-bond acceptors (Lipinski definition) is 4. The smallest absolute Gasteiger partial charge is 0.161 e. The average molecular weight is 357 g/mol. The molecular weight excluding hydrogens is 326 g/mol. The zero-order valence-corrected chi connectivity index (χ0v) is 16.3. The number of aryl methyl sites for hydroxylation is 1. The standard InChI is InChI=1S/C21H31N3O2/c1-4-24-19(17-9-11-22-12-10-17)15-18(23-24)13-16-7-8-20(25-5-2)21(14-16)26-6-3/h7-8,14-15,17,22H,4-6,9-13H2,1-3H3. The maximum atomic E-state index is 5.76. The molecule has 142 valence electrons. The van der Waals surface area contributed by atoms with Gasteiger partial charge in [-0.05, 0) is 70.5 Å². The largest absolute Gasteiger partial charge is 0.490 e. The third kappa shape index (κ3) is 4.39. The van der Waals surface area contributed by atoms with Crippen molar-refractivity contribution >= 4 is 0 Å². The van der Waals surface area contributed by atoms with Crippen LogP contribution in [0, 0.1) is 0 Å². The van der Waals surface area contributed by atoms with Crippen molar-refractivity contribution in [1.29, 1.82) is 0 Å². The van der Waals surface area contributed by atoms with E-state index >= 15 is 0 Å². The van der Waals surface area contributed by atoms with Gasteiger partial charge in [-0.2, -0.15) is 5.10 Å². The molecule has 0 bridgehead atoms. The molecule has 1 aliphatic heterocycles. The monoisotopic (exact) mass is 357 g/mol. The maximum absolute atomic E-state index is 5.76. The van der Waals surface area contributed by atoms with E-state index in [1.165, 1.54) is 24.1 Å². The third-order valence-electron chi connectivity index (χ3n) is 4.91. The maximum Gasteiger partial charge on any atom is 0.161 e. The molecule has 0 saturated carbocycles. The van der Waals surface area contributed by atoms with Crippen LogP contribution in [0.25, 0.3) is 0 Å². The summed E-state index contributed by atoms with van der Waals surface area (Å²) in [5.41, 5.74) is 3.72. The summed E-state index contributed by atoms with van der Waals surface area (Å²) in [5.74, 6) is 2.25. The van der Waals surface area contributed by atoms with Crippen LogP contribution in [0.1, 0.15) is 56.5 Å². The Balaban J connectivity index is 1.79. The van der Waals surface area contributed by atoms with Gasteiger partial charge in [-0.15, -0.1) is 0 Å². The molecule has 0 unspecified atom stereocenters. The first-order chi connectivity index (χ1) is 12.7. The number of benzene rings is 1. The molecule has 0 amide bonds. The van der Waals surface area contributed by atoms with Gasteiger partial charge >= 0.3 is 0 Å². The molecule has 1 aromatic carbocycles. The van der Waals surface area contributed by atoms with Crippen molar-refractivity contribution < 1.29 is 9.47 Å². The van der Waals surface area contributed by atoms with Crippen LogP contribution in [0.2, 0.25) is 0 Å². The predicted octanol–water partition coefficient (Wildman–Crippen LogP) is 3.76. The summed E-state index contributed by atoms with van der Waals surface area (Å²) < 4.78 is 13.6. The minimum atomic E-state index is 0.622. The zero-order valence-electron chi connectivity index (χ0n) is 16.3. The van der Waals surface area contributed by atoms with Gasteiger partial charge in [-0.25, -0.2) is 0 Å². The van der Waals surface area contributed by atoms with Crippen LogP contribution >= 0.6 is 0 Å². The molecule has 0 aliphatic carbocycles. The lowest BCUT2D eigenvalue weighted by Crippen LogP contribution is -2.27. The summed E-state index contributed by atoms with van der Waals surface area (Å²) in [7, 11) is 0. The number of nitrogens with zero attached hydrogens (tertiary/aromatic N) is 2. The summed E-state index contributed by atoms with van der Waals surface area (Å²) in [4.78, 5) is 0. The Bertz CT molecular complexity index is 705. The van der Waals surface area contributed by atoms with Gasteiger partial charge in [0.2, 0.25) is 0 Å². The van der Waals surface area contributed by atoms with Gasteiger partial charge < -0.3 is 14.8 Å². The molecule has 3 rings (SSSR count). The number of piperidine rings is 1. The molecule has 5 nitrogen and oxygen atoms in total. The highest BCUT2D eigenvalue weighted by molar-refractivity contribution is 5.44. The molecule has 0 radical (unpaired) electrons. The zero-order chi connectivity index (χ0) is 18.4. The second kappa shape index (κ2) is 9.08. The second-order valence-corrected chi connectivity index (χ2v) is 6.72. The van der Waals surface area contributed by atoms with E-state index in [0.29, 0.717) is 19.1 Å². The van der Waals surface area contributed by atoms with Crippen molar-refractivity contribution in [1.82, 2.24) is 15.1 Å². The van der Waals surface area contributed by atoms with Crippen molar-refractivity contribution in [2.75, 3.05) is 26.3 Å². The molecule has 2 heterocycles. The lowest BCUT2D eigenvalue weighted by molar-refractivity contribution is 0.287. The van der Waals surface area contributed by atoms with E-state index in [-0.39, 0.29) is 0 Å². The minimum absolute atomic E-state index is 0.622. The molecule has 1 aliphatic rings. The van der Waals surface area contributed by atoms with Crippen LogP contribution in [0.3, 0.4) is 0 Å². The molecule has 2 aromatic rings. The highest BCUT2D eigenvalue weighted by atomic mass is 16.5. The van der Waals surface area contributed by atoms with Gasteiger partial charge in [0.1, 0.15) is 0 Å². The van der Waals surface area contributed by atoms with Gasteiger partial charge in [0.05, 0.1) is 18.9 Å². The van der Waals surface area contributed by atoms with Crippen LogP contribution in [0.5, 0.6) is 11.5 Å². The molecule has 1 saturated heterocycles. The summed E-state index contributed by atoms with van der Waals surface area (Å²) in [6.07, 6.45) is 3.21. The van der Waals surface area contributed by atoms with E-state index in [9.17, 15) is 0 Å².